The fourth-order valence-electron chi connectivity index (χ4n) is 4.18. The molecule has 0 radical (unpaired) electrons. The number of nitrogens with two attached hydrogens (primary N) is 1. The van der Waals surface area contributed by atoms with Crippen LogP contribution < -0.4 is 5.73 Å². The van der Waals surface area contributed by atoms with Crippen molar-refractivity contribution in [3.8, 4) is 0 Å². The summed E-state index contributed by atoms with van der Waals surface area (Å²) in [5.74, 6) is 1.55. The molecule has 3 rings (SSSR count). The van der Waals surface area contributed by atoms with E-state index in [1.165, 1.54) is 49.8 Å². The molecule has 0 bridgehead atoms. The second-order valence-electron chi connectivity index (χ2n) is 7.28. The molecule has 2 atom stereocenters. The SMILES string of the molecule is Cc1cccnc1C1CCC(CCC2CC(N)CCO2)CC1. The van der Waals surface area contributed by atoms with Crippen molar-refractivity contribution in [1.82, 2.24) is 4.98 Å². The summed E-state index contributed by atoms with van der Waals surface area (Å²) in [6, 6.07) is 4.60. The molecule has 122 valence electrons. The molecule has 1 saturated heterocycles. The van der Waals surface area contributed by atoms with Crippen molar-refractivity contribution in [1.29, 1.82) is 0 Å². The molecule has 0 aromatic carbocycles. The van der Waals surface area contributed by atoms with Crippen LogP contribution in [0.2, 0.25) is 0 Å². The topological polar surface area (TPSA) is 48.1 Å². The van der Waals surface area contributed by atoms with Gasteiger partial charge in [0.05, 0.1) is 6.10 Å². The number of aromatic nitrogens is 1. The average Bonchev–Trinajstić information content (AvgIpc) is 2.54. The number of hydrogen-bond donors (Lipinski definition) is 1. The van der Waals surface area contributed by atoms with Gasteiger partial charge in [-0.15, -0.1) is 0 Å². The highest BCUT2D eigenvalue weighted by Crippen LogP contribution is 2.38. The third-order valence-electron chi connectivity index (χ3n) is 5.59. The second-order valence-corrected chi connectivity index (χ2v) is 7.28. The van der Waals surface area contributed by atoms with E-state index in [4.69, 9.17) is 10.5 Å². The van der Waals surface area contributed by atoms with E-state index < -0.39 is 0 Å². The van der Waals surface area contributed by atoms with Crippen molar-refractivity contribution < 1.29 is 4.74 Å². The number of hydrogen-bond acceptors (Lipinski definition) is 3. The Labute approximate surface area is 134 Å². The first kappa shape index (κ1) is 15.9. The molecule has 2 N–H and O–H groups in total. The number of rotatable bonds is 4. The van der Waals surface area contributed by atoms with Crippen LogP contribution in [-0.4, -0.2) is 23.7 Å². The van der Waals surface area contributed by atoms with E-state index in [0.717, 1.165) is 25.4 Å². The van der Waals surface area contributed by atoms with Gasteiger partial charge in [-0.2, -0.15) is 0 Å². The molecule has 2 heterocycles. The molecule has 3 nitrogen and oxygen atoms in total. The Bertz CT molecular complexity index is 468. The summed E-state index contributed by atoms with van der Waals surface area (Å²) < 4.78 is 5.86. The lowest BCUT2D eigenvalue weighted by atomic mass is 9.77. The molecule has 0 amide bonds. The molecule has 1 aliphatic heterocycles. The fourth-order valence-corrected chi connectivity index (χ4v) is 4.18. The zero-order chi connectivity index (χ0) is 15.4. The predicted molar refractivity (Wildman–Crippen MR) is 89.9 cm³/mol. The van der Waals surface area contributed by atoms with E-state index in [2.05, 4.69) is 18.0 Å². The van der Waals surface area contributed by atoms with Gasteiger partial charge in [0.15, 0.2) is 0 Å². The first-order chi connectivity index (χ1) is 10.7. The standard InChI is InChI=1S/C19H30N2O/c1-14-3-2-11-21-19(14)16-7-4-15(5-8-16)6-9-18-13-17(20)10-12-22-18/h2-3,11,15-18H,4-10,12-13,20H2,1H3. The quantitative estimate of drug-likeness (QED) is 0.916. The van der Waals surface area contributed by atoms with Crippen LogP contribution in [0, 0.1) is 12.8 Å². The molecule has 2 unspecified atom stereocenters. The van der Waals surface area contributed by atoms with Gasteiger partial charge < -0.3 is 10.5 Å². The van der Waals surface area contributed by atoms with Gasteiger partial charge in [0.1, 0.15) is 0 Å². The first-order valence-corrected chi connectivity index (χ1v) is 9.01. The van der Waals surface area contributed by atoms with Gasteiger partial charge in [-0.1, -0.05) is 6.07 Å². The van der Waals surface area contributed by atoms with Crippen LogP contribution in [0.25, 0.3) is 0 Å². The largest absolute Gasteiger partial charge is 0.378 e. The van der Waals surface area contributed by atoms with E-state index >= 15 is 0 Å². The molecule has 2 fully saturated rings. The van der Waals surface area contributed by atoms with E-state index in [9.17, 15) is 0 Å². The number of ether oxygens (including phenoxy) is 1. The van der Waals surface area contributed by atoms with Crippen LogP contribution in [-0.2, 0) is 4.74 Å². The van der Waals surface area contributed by atoms with Crippen LogP contribution in [0.1, 0.15) is 68.5 Å². The van der Waals surface area contributed by atoms with E-state index in [0.29, 0.717) is 18.1 Å². The molecule has 1 aromatic heterocycles. The van der Waals surface area contributed by atoms with Gasteiger partial charge in [0.25, 0.3) is 0 Å². The minimum atomic E-state index is 0.363. The predicted octanol–water partition coefficient (Wildman–Crippen LogP) is 3.95. The third-order valence-corrected chi connectivity index (χ3v) is 5.59. The fraction of sp³-hybridized carbons (Fsp3) is 0.737. The summed E-state index contributed by atoms with van der Waals surface area (Å²) in [6.07, 6.45) is 12.3. The van der Waals surface area contributed by atoms with Crippen LogP contribution in [0.15, 0.2) is 18.3 Å². The zero-order valence-electron chi connectivity index (χ0n) is 13.8. The highest BCUT2D eigenvalue weighted by Gasteiger charge is 2.26. The summed E-state index contributed by atoms with van der Waals surface area (Å²) in [5.41, 5.74) is 8.74. The number of pyridine rings is 1. The number of aryl methyl sites for hydroxylation is 1. The van der Waals surface area contributed by atoms with Crippen molar-refractivity contribution in [2.45, 2.75) is 76.4 Å². The van der Waals surface area contributed by atoms with Crippen LogP contribution in [0.5, 0.6) is 0 Å². The van der Waals surface area contributed by atoms with Crippen molar-refractivity contribution >= 4 is 0 Å². The summed E-state index contributed by atoms with van der Waals surface area (Å²) in [7, 11) is 0. The molecule has 22 heavy (non-hydrogen) atoms. The molecule has 0 spiro atoms. The molecule has 1 aromatic rings. The van der Waals surface area contributed by atoms with Gasteiger partial charge >= 0.3 is 0 Å². The Hall–Kier alpha value is -0.930. The van der Waals surface area contributed by atoms with Gasteiger partial charge in [0, 0.05) is 30.5 Å². The summed E-state index contributed by atoms with van der Waals surface area (Å²) >= 11 is 0. The van der Waals surface area contributed by atoms with Crippen LogP contribution in [0.4, 0.5) is 0 Å². The lowest BCUT2D eigenvalue weighted by Gasteiger charge is -2.31. The van der Waals surface area contributed by atoms with Gasteiger partial charge in [-0.3, -0.25) is 4.98 Å². The van der Waals surface area contributed by atoms with Crippen LogP contribution in [0.3, 0.4) is 0 Å². The Balaban J connectivity index is 1.43. The first-order valence-electron chi connectivity index (χ1n) is 9.01. The Morgan fingerprint density at radius 2 is 2.00 bits per heavy atom. The lowest BCUT2D eigenvalue weighted by molar-refractivity contribution is -0.00109. The monoisotopic (exact) mass is 302 g/mol. The maximum absolute atomic E-state index is 6.04. The zero-order valence-corrected chi connectivity index (χ0v) is 13.8. The molecule has 2 aliphatic rings. The minimum absolute atomic E-state index is 0.363. The number of nitrogens with zero attached hydrogens (tertiary/aromatic N) is 1. The summed E-state index contributed by atoms with van der Waals surface area (Å²) in [4.78, 5) is 4.62. The highest BCUT2D eigenvalue weighted by atomic mass is 16.5. The highest BCUT2D eigenvalue weighted by molar-refractivity contribution is 5.21. The molecule has 1 aliphatic carbocycles. The van der Waals surface area contributed by atoms with Gasteiger partial charge in [0.2, 0.25) is 0 Å². The maximum Gasteiger partial charge on any atom is 0.0590 e. The molecule has 1 saturated carbocycles. The summed E-state index contributed by atoms with van der Waals surface area (Å²) in [6.45, 7) is 3.05. The minimum Gasteiger partial charge on any atom is -0.378 e. The second kappa shape index (κ2) is 7.56. The molecule has 3 heteroatoms. The van der Waals surface area contributed by atoms with E-state index in [1.54, 1.807) is 0 Å². The van der Waals surface area contributed by atoms with Gasteiger partial charge in [-0.05, 0) is 75.8 Å². The molecular formula is C19H30N2O. The maximum atomic E-state index is 6.04. The smallest absolute Gasteiger partial charge is 0.0590 e. The van der Waals surface area contributed by atoms with Crippen molar-refractivity contribution in [3.05, 3.63) is 29.6 Å². The van der Waals surface area contributed by atoms with Crippen molar-refractivity contribution in [2.75, 3.05) is 6.61 Å². The Kier molecular flexibility index (Phi) is 5.48. The third kappa shape index (κ3) is 4.08. The normalized spacial score (nSPS) is 32.8. The average molecular weight is 302 g/mol. The molecular weight excluding hydrogens is 272 g/mol. The van der Waals surface area contributed by atoms with E-state index in [1.807, 2.05) is 12.3 Å². The Morgan fingerprint density at radius 3 is 2.73 bits per heavy atom. The van der Waals surface area contributed by atoms with Crippen molar-refractivity contribution in [2.24, 2.45) is 11.7 Å². The lowest BCUT2D eigenvalue weighted by Crippen LogP contribution is -2.35. The van der Waals surface area contributed by atoms with Crippen molar-refractivity contribution in [3.63, 3.8) is 0 Å². The Morgan fingerprint density at radius 1 is 1.18 bits per heavy atom. The summed E-state index contributed by atoms with van der Waals surface area (Å²) in [5, 5.41) is 0. The van der Waals surface area contributed by atoms with Gasteiger partial charge in [-0.25, -0.2) is 0 Å². The van der Waals surface area contributed by atoms with Crippen LogP contribution >= 0.6 is 0 Å². The van der Waals surface area contributed by atoms with E-state index in [-0.39, 0.29) is 0 Å².